The summed E-state index contributed by atoms with van der Waals surface area (Å²) >= 11 is 5.22. The lowest BCUT2D eigenvalue weighted by Crippen LogP contribution is -1.95. The number of benzene rings is 1. The molecular weight excluding hydrogens is 204 g/mol. The van der Waals surface area contributed by atoms with Gasteiger partial charge in [-0.3, -0.25) is 0 Å². The summed E-state index contributed by atoms with van der Waals surface area (Å²) in [5.74, 6) is 2.61. The summed E-state index contributed by atoms with van der Waals surface area (Å²) in [5.41, 5.74) is 4.65. The highest BCUT2D eigenvalue weighted by Gasteiger charge is 2.04. The van der Waals surface area contributed by atoms with Gasteiger partial charge in [0, 0.05) is 0 Å². The van der Waals surface area contributed by atoms with Crippen LogP contribution in [-0.2, 0) is 6.54 Å². The van der Waals surface area contributed by atoms with Crippen LogP contribution in [0.25, 0.3) is 11.0 Å². The summed E-state index contributed by atoms with van der Waals surface area (Å²) in [5, 5.41) is 0. The number of nitrogens with zero attached hydrogens (tertiary/aromatic N) is 1. The molecule has 0 bridgehead atoms. The van der Waals surface area contributed by atoms with E-state index in [-0.39, 0.29) is 0 Å². The van der Waals surface area contributed by atoms with Gasteiger partial charge < -0.3 is 9.55 Å². The van der Waals surface area contributed by atoms with E-state index in [0.717, 1.165) is 11.0 Å². The van der Waals surface area contributed by atoms with Crippen molar-refractivity contribution in [2.45, 2.75) is 20.4 Å². The minimum atomic E-state index is 0.515. The Morgan fingerprint density at radius 2 is 2.07 bits per heavy atom. The maximum Gasteiger partial charge on any atom is 0.178 e. The second kappa shape index (κ2) is 3.56. The normalized spacial score (nSPS) is 10.5. The van der Waals surface area contributed by atoms with Crippen LogP contribution in [0.1, 0.15) is 11.1 Å². The number of nitrogens with one attached hydrogen (secondary N) is 1. The fourth-order valence-electron chi connectivity index (χ4n) is 1.66. The number of hydrogen-bond acceptors (Lipinski definition) is 1. The molecule has 15 heavy (non-hydrogen) atoms. The fraction of sp³-hybridized carbons (Fsp3) is 0.250. The highest BCUT2D eigenvalue weighted by atomic mass is 32.1. The fourth-order valence-corrected chi connectivity index (χ4v) is 1.94. The van der Waals surface area contributed by atoms with E-state index >= 15 is 0 Å². The van der Waals surface area contributed by atoms with Gasteiger partial charge in [-0.2, -0.15) is 0 Å². The highest BCUT2D eigenvalue weighted by Crippen LogP contribution is 2.18. The van der Waals surface area contributed by atoms with Crippen molar-refractivity contribution in [1.29, 1.82) is 0 Å². The first-order chi connectivity index (χ1) is 7.13. The van der Waals surface area contributed by atoms with Gasteiger partial charge in [0.1, 0.15) is 0 Å². The minimum absolute atomic E-state index is 0.515. The van der Waals surface area contributed by atoms with E-state index < -0.39 is 0 Å². The van der Waals surface area contributed by atoms with E-state index in [2.05, 4.69) is 36.9 Å². The molecule has 0 radical (unpaired) electrons. The molecule has 0 aliphatic rings. The summed E-state index contributed by atoms with van der Waals surface area (Å²) in [6.45, 7) is 4.69. The number of aromatic amines is 1. The number of aromatic nitrogens is 2. The first-order valence-electron chi connectivity index (χ1n) is 4.76. The number of aryl methyl sites for hydroxylation is 2. The van der Waals surface area contributed by atoms with E-state index in [1.165, 1.54) is 11.1 Å². The molecule has 0 fully saturated rings. The number of imidazole rings is 1. The second-order valence-electron chi connectivity index (χ2n) is 3.67. The summed E-state index contributed by atoms with van der Waals surface area (Å²) in [7, 11) is 0. The molecule has 0 aliphatic heterocycles. The Morgan fingerprint density at radius 1 is 1.40 bits per heavy atom. The van der Waals surface area contributed by atoms with E-state index in [9.17, 15) is 0 Å². The molecule has 2 aromatic rings. The third-order valence-electron chi connectivity index (χ3n) is 2.64. The molecule has 0 saturated carbocycles. The average molecular weight is 216 g/mol. The van der Waals surface area contributed by atoms with Crippen molar-refractivity contribution in [3.05, 3.63) is 28.0 Å². The van der Waals surface area contributed by atoms with Crippen molar-refractivity contribution in [1.82, 2.24) is 9.55 Å². The maximum absolute atomic E-state index is 5.32. The van der Waals surface area contributed by atoms with Gasteiger partial charge in [0.15, 0.2) is 4.77 Å². The van der Waals surface area contributed by atoms with Crippen molar-refractivity contribution in [2.24, 2.45) is 0 Å². The first kappa shape index (κ1) is 10.0. The third-order valence-corrected chi connectivity index (χ3v) is 2.96. The van der Waals surface area contributed by atoms with Crippen molar-refractivity contribution in [3.8, 4) is 12.3 Å². The molecule has 0 spiro atoms. The zero-order valence-electron chi connectivity index (χ0n) is 8.79. The van der Waals surface area contributed by atoms with E-state index in [0.29, 0.717) is 11.3 Å². The van der Waals surface area contributed by atoms with E-state index in [4.69, 9.17) is 18.6 Å². The highest BCUT2D eigenvalue weighted by molar-refractivity contribution is 7.71. The van der Waals surface area contributed by atoms with Gasteiger partial charge in [-0.15, -0.1) is 6.42 Å². The Bertz CT molecular complexity index is 611. The molecular formula is C12H12N2S. The van der Waals surface area contributed by atoms with Crippen LogP contribution in [0.5, 0.6) is 0 Å². The van der Waals surface area contributed by atoms with Gasteiger partial charge in [0.2, 0.25) is 0 Å². The summed E-state index contributed by atoms with van der Waals surface area (Å²) in [6, 6.07) is 4.22. The Kier molecular flexibility index (Phi) is 2.37. The SMILES string of the molecule is C#CCn1c(=S)[nH]c2cc(C)c(C)cc21. The third kappa shape index (κ3) is 1.57. The van der Waals surface area contributed by atoms with Crippen LogP contribution >= 0.6 is 12.2 Å². The zero-order chi connectivity index (χ0) is 11.0. The Morgan fingerprint density at radius 3 is 2.73 bits per heavy atom. The second-order valence-corrected chi connectivity index (χ2v) is 4.06. The summed E-state index contributed by atoms with van der Waals surface area (Å²) < 4.78 is 2.63. The smallest absolute Gasteiger partial charge is 0.178 e. The lowest BCUT2D eigenvalue weighted by Gasteiger charge is -2.02. The molecule has 2 nitrogen and oxygen atoms in total. The number of fused-ring (bicyclic) bond motifs is 1. The van der Waals surface area contributed by atoms with Crippen LogP contribution in [0.3, 0.4) is 0 Å². The van der Waals surface area contributed by atoms with Gasteiger partial charge in [-0.1, -0.05) is 5.92 Å². The summed E-state index contributed by atoms with van der Waals surface area (Å²) in [6.07, 6.45) is 5.32. The quantitative estimate of drug-likeness (QED) is 0.574. The Labute approximate surface area is 93.9 Å². The lowest BCUT2D eigenvalue weighted by atomic mass is 10.1. The van der Waals surface area contributed by atoms with Crippen molar-refractivity contribution < 1.29 is 0 Å². The largest absolute Gasteiger partial charge is 0.331 e. The lowest BCUT2D eigenvalue weighted by molar-refractivity contribution is 0.854. The molecule has 1 aromatic carbocycles. The molecule has 76 valence electrons. The molecule has 0 amide bonds. The summed E-state index contributed by atoms with van der Waals surface area (Å²) in [4.78, 5) is 3.16. The molecule has 1 heterocycles. The minimum Gasteiger partial charge on any atom is -0.331 e. The maximum atomic E-state index is 5.32. The molecule has 3 heteroatoms. The monoisotopic (exact) mass is 216 g/mol. The first-order valence-corrected chi connectivity index (χ1v) is 5.17. The molecule has 0 unspecified atom stereocenters. The van der Waals surface area contributed by atoms with Gasteiger partial charge in [-0.25, -0.2) is 0 Å². The molecule has 1 aromatic heterocycles. The number of H-pyrrole nitrogens is 1. The van der Waals surface area contributed by atoms with Crippen molar-refractivity contribution in [3.63, 3.8) is 0 Å². The number of terminal acetylenes is 1. The topological polar surface area (TPSA) is 20.7 Å². The Balaban J connectivity index is 2.83. The predicted molar refractivity (Wildman–Crippen MR) is 65.4 cm³/mol. The van der Waals surface area contributed by atoms with Crippen molar-refractivity contribution in [2.75, 3.05) is 0 Å². The van der Waals surface area contributed by atoms with Crippen LogP contribution in [0, 0.1) is 31.0 Å². The van der Waals surface area contributed by atoms with Gasteiger partial charge >= 0.3 is 0 Å². The van der Waals surface area contributed by atoms with Gasteiger partial charge in [-0.05, 0) is 49.3 Å². The van der Waals surface area contributed by atoms with E-state index in [1.807, 2.05) is 4.57 Å². The molecule has 0 aliphatic carbocycles. The molecule has 2 rings (SSSR count). The van der Waals surface area contributed by atoms with Crippen LogP contribution < -0.4 is 0 Å². The average Bonchev–Trinajstić information content (AvgIpc) is 2.46. The van der Waals surface area contributed by atoms with Crippen LogP contribution in [0.2, 0.25) is 0 Å². The van der Waals surface area contributed by atoms with Crippen LogP contribution in [0.15, 0.2) is 12.1 Å². The number of rotatable bonds is 1. The van der Waals surface area contributed by atoms with Gasteiger partial charge in [0.25, 0.3) is 0 Å². The number of hydrogen-bond donors (Lipinski definition) is 1. The van der Waals surface area contributed by atoms with E-state index in [1.54, 1.807) is 0 Å². The molecule has 1 N–H and O–H groups in total. The van der Waals surface area contributed by atoms with Crippen LogP contribution in [0.4, 0.5) is 0 Å². The molecule has 0 atom stereocenters. The Hall–Kier alpha value is -1.53. The van der Waals surface area contributed by atoms with Crippen LogP contribution in [-0.4, -0.2) is 9.55 Å². The zero-order valence-corrected chi connectivity index (χ0v) is 9.61. The molecule has 0 saturated heterocycles. The van der Waals surface area contributed by atoms with Crippen molar-refractivity contribution >= 4 is 23.3 Å². The standard InChI is InChI=1S/C12H12N2S/c1-4-5-14-11-7-9(3)8(2)6-10(11)13-12(14)15/h1,6-7H,5H2,2-3H3,(H,13,15). The predicted octanol–water partition coefficient (Wildman–Crippen LogP) is 2.95. The van der Waals surface area contributed by atoms with Gasteiger partial charge in [0.05, 0.1) is 17.6 Å².